The molecule has 0 aliphatic rings. The minimum atomic E-state index is -3.77. The average Bonchev–Trinajstić information content (AvgIpc) is 2.37. The molecule has 1 unspecified atom stereocenters. The van der Waals surface area contributed by atoms with Crippen LogP contribution in [0.5, 0.6) is 0 Å². The van der Waals surface area contributed by atoms with Gasteiger partial charge >= 0.3 is 0 Å². The second-order valence-corrected chi connectivity index (χ2v) is 6.74. The minimum absolute atomic E-state index is 0.0755. The number of ketones is 1. The molecule has 0 aliphatic heterocycles. The Hall–Kier alpha value is -0.950. The van der Waals surface area contributed by atoms with Crippen LogP contribution in [0.4, 0.5) is 0 Å². The van der Waals surface area contributed by atoms with Crippen LogP contribution in [0.1, 0.15) is 37.0 Å². The summed E-state index contributed by atoms with van der Waals surface area (Å²) in [7, 11) is -3.77. The standard InChI is InChI=1S/C13H19ClN2O3S/c1-3-4-11(15)8-16-20(18,19)13-7-10(9(2)17)5-6-12(13)14/h5-7,11,16H,3-4,8,15H2,1-2H3. The van der Waals surface area contributed by atoms with Crippen molar-refractivity contribution in [1.82, 2.24) is 4.72 Å². The minimum Gasteiger partial charge on any atom is -0.327 e. The first-order valence-electron chi connectivity index (χ1n) is 6.33. The molecule has 0 aromatic heterocycles. The lowest BCUT2D eigenvalue weighted by Gasteiger charge is -2.13. The Morgan fingerprint density at radius 1 is 1.45 bits per heavy atom. The third-order valence-electron chi connectivity index (χ3n) is 2.82. The highest BCUT2D eigenvalue weighted by Gasteiger charge is 2.20. The monoisotopic (exact) mass is 318 g/mol. The Bertz CT molecular complexity index is 587. The maximum atomic E-state index is 12.2. The van der Waals surface area contributed by atoms with E-state index < -0.39 is 10.0 Å². The molecule has 0 spiro atoms. The van der Waals surface area contributed by atoms with Gasteiger partial charge in [0.1, 0.15) is 4.90 Å². The highest BCUT2D eigenvalue weighted by atomic mass is 35.5. The Kier molecular flexibility index (Phi) is 6.13. The quantitative estimate of drug-likeness (QED) is 0.752. The van der Waals surface area contributed by atoms with Crippen molar-refractivity contribution < 1.29 is 13.2 Å². The molecule has 1 aromatic rings. The first kappa shape index (κ1) is 17.1. The molecule has 0 aliphatic carbocycles. The summed E-state index contributed by atoms with van der Waals surface area (Å²) >= 11 is 5.90. The molecule has 7 heteroatoms. The second kappa shape index (κ2) is 7.17. The van der Waals surface area contributed by atoms with Crippen LogP contribution in [0.2, 0.25) is 5.02 Å². The van der Waals surface area contributed by atoms with Crippen LogP contribution >= 0.6 is 11.6 Å². The van der Waals surface area contributed by atoms with E-state index in [1.165, 1.54) is 25.1 Å². The fraction of sp³-hybridized carbons (Fsp3) is 0.462. The first-order chi connectivity index (χ1) is 9.27. The van der Waals surface area contributed by atoms with E-state index in [1.807, 2.05) is 6.92 Å². The second-order valence-electron chi connectivity index (χ2n) is 4.60. The molecule has 0 saturated carbocycles. The van der Waals surface area contributed by atoms with Gasteiger partial charge in [-0.15, -0.1) is 0 Å². The largest absolute Gasteiger partial charge is 0.327 e. The van der Waals surface area contributed by atoms with Gasteiger partial charge in [0.15, 0.2) is 5.78 Å². The van der Waals surface area contributed by atoms with Gasteiger partial charge in [0.25, 0.3) is 0 Å². The van der Waals surface area contributed by atoms with E-state index in [1.54, 1.807) is 0 Å². The summed E-state index contributed by atoms with van der Waals surface area (Å²) in [5.41, 5.74) is 6.07. The lowest BCUT2D eigenvalue weighted by atomic mass is 10.1. The van der Waals surface area contributed by atoms with Gasteiger partial charge in [-0.2, -0.15) is 0 Å². The smallest absolute Gasteiger partial charge is 0.242 e. The van der Waals surface area contributed by atoms with Gasteiger partial charge in [0.2, 0.25) is 10.0 Å². The fourth-order valence-corrected chi connectivity index (χ4v) is 3.31. The average molecular weight is 319 g/mol. The summed E-state index contributed by atoms with van der Waals surface area (Å²) in [5.74, 6) is -0.221. The molecule has 0 saturated heterocycles. The van der Waals surface area contributed by atoms with Crippen molar-refractivity contribution in [3.63, 3.8) is 0 Å². The molecular formula is C13H19ClN2O3S. The van der Waals surface area contributed by atoms with E-state index >= 15 is 0 Å². The summed E-state index contributed by atoms with van der Waals surface area (Å²) in [6.45, 7) is 3.47. The number of hydrogen-bond donors (Lipinski definition) is 2. The SMILES string of the molecule is CCCC(N)CNS(=O)(=O)c1cc(C(C)=O)ccc1Cl. The van der Waals surface area contributed by atoms with Gasteiger partial charge < -0.3 is 5.73 Å². The molecule has 0 bridgehead atoms. The number of hydrogen-bond acceptors (Lipinski definition) is 4. The normalized spacial score (nSPS) is 13.2. The maximum absolute atomic E-state index is 12.2. The molecule has 1 rings (SSSR count). The molecule has 112 valence electrons. The lowest BCUT2D eigenvalue weighted by molar-refractivity contribution is 0.101. The predicted octanol–water partition coefficient (Wildman–Crippen LogP) is 1.95. The number of nitrogens with one attached hydrogen (secondary N) is 1. The molecule has 0 heterocycles. The third-order valence-corrected chi connectivity index (χ3v) is 4.73. The molecular weight excluding hydrogens is 300 g/mol. The van der Waals surface area contributed by atoms with Gasteiger partial charge in [-0.3, -0.25) is 4.79 Å². The Balaban J connectivity index is 2.97. The molecule has 3 N–H and O–H groups in total. The van der Waals surface area contributed by atoms with Crippen molar-refractivity contribution in [2.24, 2.45) is 5.73 Å². The maximum Gasteiger partial charge on any atom is 0.242 e. The van der Waals surface area contributed by atoms with Crippen LogP contribution in [-0.2, 0) is 10.0 Å². The number of Topliss-reactive ketones (excluding diaryl/α,β-unsaturated/α-hetero) is 1. The number of carbonyl (C=O) groups excluding carboxylic acids is 1. The van der Waals surface area contributed by atoms with Crippen LogP contribution in [0.3, 0.4) is 0 Å². The van der Waals surface area contributed by atoms with Gasteiger partial charge in [-0.25, -0.2) is 13.1 Å². The van der Waals surface area contributed by atoms with Crippen molar-refractivity contribution in [2.45, 2.75) is 37.6 Å². The summed E-state index contributed by atoms with van der Waals surface area (Å²) in [6, 6.07) is 3.92. The van der Waals surface area contributed by atoms with Crippen LogP contribution in [0.15, 0.2) is 23.1 Å². The zero-order chi connectivity index (χ0) is 15.3. The lowest BCUT2D eigenvalue weighted by Crippen LogP contribution is -2.37. The molecule has 0 amide bonds. The topological polar surface area (TPSA) is 89.3 Å². The van der Waals surface area contributed by atoms with Crippen LogP contribution in [0, 0.1) is 0 Å². The van der Waals surface area contributed by atoms with Crippen molar-refractivity contribution in [2.75, 3.05) is 6.54 Å². The molecule has 5 nitrogen and oxygen atoms in total. The molecule has 20 heavy (non-hydrogen) atoms. The van der Waals surface area contributed by atoms with Gasteiger partial charge in [0, 0.05) is 18.2 Å². The number of benzene rings is 1. The van der Waals surface area contributed by atoms with Gasteiger partial charge in [0.05, 0.1) is 5.02 Å². The molecule has 0 radical (unpaired) electrons. The summed E-state index contributed by atoms with van der Waals surface area (Å²) in [4.78, 5) is 11.2. The number of carbonyl (C=O) groups is 1. The number of nitrogens with two attached hydrogens (primary N) is 1. The Morgan fingerprint density at radius 2 is 2.10 bits per heavy atom. The number of rotatable bonds is 7. The van der Waals surface area contributed by atoms with Crippen molar-refractivity contribution >= 4 is 27.4 Å². The molecule has 0 fully saturated rings. The highest BCUT2D eigenvalue weighted by Crippen LogP contribution is 2.22. The summed E-state index contributed by atoms with van der Waals surface area (Å²) < 4.78 is 26.8. The van der Waals surface area contributed by atoms with E-state index in [4.69, 9.17) is 17.3 Å². The summed E-state index contributed by atoms with van der Waals surface area (Å²) in [6.07, 6.45) is 1.60. The van der Waals surface area contributed by atoms with Crippen LogP contribution in [0.25, 0.3) is 0 Å². The van der Waals surface area contributed by atoms with Crippen LogP contribution < -0.4 is 10.5 Å². The number of halogens is 1. The number of sulfonamides is 1. The van der Waals surface area contributed by atoms with E-state index in [9.17, 15) is 13.2 Å². The zero-order valence-corrected chi connectivity index (χ0v) is 13.1. The summed E-state index contributed by atoms with van der Waals surface area (Å²) in [5, 5.41) is 0.0755. The van der Waals surface area contributed by atoms with E-state index in [0.717, 1.165) is 12.8 Å². The fourth-order valence-electron chi connectivity index (χ4n) is 1.70. The highest BCUT2D eigenvalue weighted by molar-refractivity contribution is 7.89. The van der Waals surface area contributed by atoms with Crippen molar-refractivity contribution in [3.8, 4) is 0 Å². The van der Waals surface area contributed by atoms with E-state index in [0.29, 0.717) is 5.56 Å². The third kappa shape index (κ3) is 4.56. The molecule has 1 aromatic carbocycles. The van der Waals surface area contributed by atoms with E-state index in [-0.39, 0.29) is 28.3 Å². The zero-order valence-electron chi connectivity index (χ0n) is 11.5. The van der Waals surface area contributed by atoms with Gasteiger partial charge in [-0.05, 0) is 31.5 Å². The van der Waals surface area contributed by atoms with E-state index in [2.05, 4.69) is 4.72 Å². The predicted molar refractivity (Wildman–Crippen MR) is 79.5 cm³/mol. The van der Waals surface area contributed by atoms with Gasteiger partial charge in [-0.1, -0.05) is 24.9 Å². The van der Waals surface area contributed by atoms with Crippen LogP contribution in [-0.4, -0.2) is 26.8 Å². The van der Waals surface area contributed by atoms with Crippen molar-refractivity contribution in [3.05, 3.63) is 28.8 Å². The Labute approximate surface area is 124 Å². The first-order valence-corrected chi connectivity index (χ1v) is 8.19. The van der Waals surface area contributed by atoms with Crippen molar-refractivity contribution in [1.29, 1.82) is 0 Å². The molecule has 1 atom stereocenters. The Morgan fingerprint density at radius 3 is 2.65 bits per heavy atom.